The summed E-state index contributed by atoms with van der Waals surface area (Å²) in [5, 5.41) is 27.1. The maximum atomic E-state index is 13.7. The number of ether oxygens (including phenoxy) is 2. The van der Waals surface area contributed by atoms with Crippen LogP contribution in [0.15, 0.2) is 97.5 Å². The van der Waals surface area contributed by atoms with Gasteiger partial charge in [0, 0.05) is 54.3 Å². The Balaban J connectivity index is 1.05. The molecule has 1 amide bonds. The Morgan fingerprint density at radius 2 is 1.81 bits per heavy atom. The van der Waals surface area contributed by atoms with E-state index in [1.165, 1.54) is 18.2 Å². The minimum atomic E-state index is -0.519. The number of hydrogen-bond donors (Lipinski definition) is 2. The molecule has 3 aromatic carbocycles. The molecule has 244 valence electrons. The van der Waals surface area contributed by atoms with Gasteiger partial charge in [0.05, 0.1) is 30.3 Å². The summed E-state index contributed by atoms with van der Waals surface area (Å²) >= 11 is 0. The predicted molar refractivity (Wildman–Crippen MR) is 179 cm³/mol. The van der Waals surface area contributed by atoms with Crippen LogP contribution >= 0.6 is 0 Å². The molecule has 5 aromatic rings. The van der Waals surface area contributed by atoms with Crippen LogP contribution < -0.4 is 20.1 Å². The summed E-state index contributed by atoms with van der Waals surface area (Å²) in [7, 11) is 1.57. The van der Waals surface area contributed by atoms with Gasteiger partial charge in [0.15, 0.2) is 0 Å². The van der Waals surface area contributed by atoms with E-state index in [-0.39, 0.29) is 27.8 Å². The molecule has 0 aliphatic heterocycles. The van der Waals surface area contributed by atoms with Crippen molar-refractivity contribution in [3.8, 4) is 28.5 Å². The third-order valence-electron chi connectivity index (χ3n) is 9.69. The van der Waals surface area contributed by atoms with Crippen molar-refractivity contribution >= 4 is 17.3 Å². The van der Waals surface area contributed by atoms with E-state index >= 15 is 0 Å². The molecule has 2 aliphatic carbocycles. The highest BCUT2D eigenvalue weighted by Gasteiger charge is 2.69. The van der Waals surface area contributed by atoms with Gasteiger partial charge in [-0.25, -0.2) is 0 Å². The molecule has 1 unspecified atom stereocenters. The second-order valence-corrected chi connectivity index (χ2v) is 12.6. The number of aromatic nitrogens is 4. The average molecular weight is 646 g/mol. The minimum absolute atomic E-state index is 0.0962. The minimum Gasteiger partial charge on any atom is -0.497 e. The molecule has 2 heterocycles. The largest absolute Gasteiger partial charge is 0.497 e. The van der Waals surface area contributed by atoms with Crippen LogP contribution in [0.1, 0.15) is 41.6 Å². The topological polar surface area (TPSA) is 146 Å². The van der Waals surface area contributed by atoms with E-state index in [1.807, 2.05) is 41.2 Å². The Labute approximate surface area is 277 Å². The van der Waals surface area contributed by atoms with Gasteiger partial charge < -0.3 is 20.1 Å². The molecule has 0 saturated heterocycles. The maximum absolute atomic E-state index is 13.7. The van der Waals surface area contributed by atoms with Gasteiger partial charge in [-0.1, -0.05) is 23.8 Å². The van der Waals surface area contributed by atoms with Crippen LogP contribution in [0.4, 0.5) is 11.4 Å². The van der Waals surface area contributed by atoms with Gasteiger partial charge in [0.2, 0.25) is 0 Å². The Kier molecular flexibility index (Phi) is 8.22. The molecule has 12 nitrogen and oxygen atoms in total. The maximum Gasteiger partial charge on any atom is 0.270 e. The number of methoxy groups -OCH3 is 1. The second-order valence-electron chi connectivity index (χ2n) is 12.6. The Morgan fingerprint density at radius 1 is 1.02 bits per heavy atom. The molecule has 12 heteroatoms. The first-order valence-electron chi connectivity index (χ1n) is 15.9. The highest BCUT2D eigenvalue weighted by molar-refractivity contribution is 5.97. The molecule has 7 rings (SSSR count). The van der Waals surface area contributed by atoms with E-state index in [4.69, 9.17) is 9.47 Å². The van der Waals surface area contributed by atoms with Crippen molar-refractivity contribution < 1.29 is 19.2 Å². The van der Waals surface area contributed by atoms with E-state index in [0.29, 0.717) is 31.1 Å². The number of carbonyl (C=O) groups is 1. The molecular weight excluding hydrogens is 610 g/mol. The lowest BCUT2D eigenvalue weighted by molar-refractivity contribution is -0.384. The molecule has 1 atom stereocenters. The molecule has 0 radical (unpaired) electrons. The standard InChI is InChI=1S/C36H35N7O5/c1-47-29-7-9-30(10-8-29)48-33-11-6-28(43(45)46)19-31(33)34(44)39-23-36(22-35(36)14-3-15-35)24-42-21-32(40-41-42)26-4-2-5-27(18-26)38-20-25-12-16-37-17-13-25/h2,4-13,16-19,21,38H,3,14-15,20,22-24H2,1H3,(H,39,44). The zero-order valence-electron chi connectivity index (χ0n) is 26.5. The van der Waals surface area contributed by atoms with Gasteiger partial charge >= 0.3 is 0 Å². The van der Waals surface area contributed by atoms with Crippen LogP contribution in [0, 0.1) is 20.9 Å². The van der Waals surface area contributed by atoms with Gasteiger partial charge in [-0.2, -0.15) is 0 Å². The summed E-state index contributed by atoms with van der Waals surface area (Å²) in [5.41, 5.74) is 3.69. The van der Waals surface area contributed by atoms with Crippen molar-refractivity contribution in [1.82, 2.24) is 25.3 Å². The third kappa shape index (κ3) is 6.28. The van der Waals surface area contributed by atoms with Crippen LogP contribution in [0.25, 0.3) is 11.3 Å². The lowest BCUT2D eigenvalue weighted by atomic mass is 9.75. The van der Waals surface area contributed by atoms with E-state index in [0.717, 1.165) is 48.2 Å². The first-order chi connectivity index (χ1) is 23.4. The lowest BCUT2D eigenvalue weighted by Gasteiger charge is -2.33. The number of nitrogens with one attached hydrogen (secondary N) is 2. The SMILES string of the molecule is COc1ccc(Oc2ccc([N+](=O)[O-])cc2C(=O)NCC2(Cn3cc(-c4cccc(NCc5ccncc5)c4)nn3)CC23CCC3)cc1. The van der Waals surface area contributed by atoms with Gasteiger partial charge in [-0.05, 0) is 84.8 Å². The molecule has 0 bridgehead atoms. The quantitative estimate of drug-likeness (QED) is 0.106. The number of hydrogen-bond acceptors (Lipinski definition) is 9. The number of benzene rings is 3. The van der Waals surface area contributed by atoms with Gasteiger partial charge in [-0.15, -0.1) is 5.10 Å². The summed E-state index contributed by atoms with van der Waals surface area (Å²) in [6, 6.07) is 23.0. The first-order valence-corrected chi connectivity index (χ1v) is 15.9. The van der Waals surface area contributed by atoms with Gasteiger partial charge in [0.25, 0.3) is 11.6 Å². The smallest absolute Gasteiger partial charge is 0.270 e. The first kappa shape index (κ1) is 30.9. The fourth-order valence-electron chi connectivity index (χ4n) is 6.77. The molecule has 2 saturated carbocycles. The van der Waals surface area contributed by atoms with E-state index in [1.54, 1.807) is 43.8 Å². The highest BCUT2D eigenvalue weighted by Crippen LogP contribution is 2.74. The monoisotopic (exact) mass is 645 g/mol. The average Bonchev–Trinajstić information content (AvgIpc) is 3.55. The van der Waals surface area contributed by atoms with Crippen molar-refractivity contribution in [3.05, 3.63) is 119 Å². The number of rotatable bonds is 13. The number of non-ortho nitro benzene ring substituents is 1. The van der Waals surface area contributed by atoms with Gasteiger partial charge in [0.1, 0.15) is 22.9 Å². The second kappa shape index (κ2) is 12.8. The summed E-state index contributed by atoms with van der Waals surface area (Å²) in [4.78, 5) is 28.8. The lowest BCUT2D eigenvalue weighted by Crippen LogP contribution is -2.37. The number of anilines is 1. The molecule has 2 aromatic heterocycles. The highest BCUT2D eigenvalue weighted by atomic mass is 16.6. The number of nitro groups is 1. The summed E-state index contributed by atoms with van der Waals surface area (Å²) in [6.45, 7) is 1.69. The van der Waals surface area contributed by atoms with E-state index in [2.05, 4.69) is 32.0 Å². The van der Waals surface area contributed by atoms with Gasteiger partial charge in [-0.3, -0.25) is 24.6 Å². The molecule has 48 heavy (non-hydrogen) atoms. The van der Waals surface area contributed by atoms with Crippen molar-refractivity contribution in [2.24, 2.45) is 10.8 Å². The summed E-state index contributed by atoms with van der Waals surface area (Å²) in [5.74, 6) is 0.928. The fraction of sp³-hybridized carbons (Fsp3) is 0.278. The molecular formula is C36H35N7O5. The zero-order valence-corrected chi connectivity index (χ0v) is 26.5. The number of nitrogens with zero attached hydrogens (tertiary/aromatic N) is 5. The Bertz CT molecular complexity index is 1940. The molecule has 2 fully saturated rings. The summed E-state index contributed by atoms with van der Waals surface area (Å²) in [6.07, 6.45) is 9.83. The van der Waals surface area contributed by atoms with E-state index < -0.39 is 10.8 Å². The predicted octanol–water partition coefficient (Wildman–Crippen LogP) is 6.65. The Morgan fingerprint density at radius 3 is 2.52 bits per heavy atom. The van der Waals surface area contributed by atoms with Crippen molar-refractivity contribution in [2.75, 3.05) is 19.0 Å². The van der Waals surface area contributed by atoms with Crippen LogP contribution in [-0.2, 0) is 13.1 Å². The van der Waals surface area contributed by atoms with Crippen LogP contribution in [0.3, 0.4) is 0 Å². The molecule has 2 aliphatic rings. The zero-order chi connectivity index (χ0) is 33.1. The molecule has 1 spiro atoms. The Hall–Kier alpha value is -5.78. The van der Waals surface area contributed by atoms with Crippen LogP contribution in [0.5, 0.6) is 17.2 Å². The fourth-order valence-corrected chi connectivity index (χ4v) is 6.77. The van der Waals surface area contributed by atoms with Crippen LogP contribution in [0.2, 0.25) is 0 Å². The number of amides is 1. The van der Waals surface area contributed by atoms with Crippen molar-refractivity contribution in [2.45, 2.75) is 38.8 Å². The number of pyridine rings is 1. The summed E-state index contributed by atoms with van der Waals surface area (Å²) < 4.78 is 13.1. The number of nitro benzene ring substituents is 1. The van der Waals surface area contributed by atoms with Crippen molar-refractivity contribution in [1.29, 1.82) is 0 Å². The number of carbonyl (C=O) groups excluding carboxylic acids is 1. The van der Waals surface area contributed by atoms with E-state index in [9.17, 15) is 14.9 Å². The normalized spacial score (nSPS) is 17.3. The third-order valence-corrected chi connectivity index (χ3v) is 9.69. The van der Waals surface area contributed by atoms with Crippen LogP contribution in [-0.4, -0.2) is 44.5 Å². The molecule has 2 N–H and O–H groups in total. The van der Waals surface area contributed by atoms with Crippen molar-refractivity contribution in [3.63, 3.8) is 0 Å².